The van der Waals surface area contributed by atoms with Gasteiger partial charge in [0.2, 0.25) is 0 Å². The molecule has 6 heteroatoms. The molecule has 3 nitrogen and oxygen atoms in total. The first kappa shape index (κ1) is 12.2. The van der Waals surface area contributed by atoms with Gasteiger partial charge in [0.05, 0.1) is 5.69 Å². The molecular formula is C13H12F3N3. The van der Waals surface area contributed by atoms with E-state index >= 15 is 0 Å². The monoisotopic (exact) mass is 267 g/mol. The van der Waals surface area contributed by atoms with E-state index < -0.39 is 11.9 Å². The van der Waals surface area contributed by atoms with Crippen LogP contribution < -0.4 is 5.32 Å². The average Bonchev–Trinajstić information content (AvgIpc) is 2.87. The summed E-state index contributed by atoms with van der Waals surface area (Å²) in [6.07, 6.45) is -2.16. The molecule has 19 heavy (non-hydrogen) atoms. The van der Waals surface area contributed by atoms with Gasteiger partial charge in [0.1, 0.15) is 0 Å². The molecule has 0 saturated carbocycles. The van der Waals surface area contributed by atoms with Gasteiger partial charge in [0, 0.05) is 12.7 Å². The van der Waals surface area contributed by atoms with Gasteiger partial charge in [-0.05, 0) is 36.2 Å². The summed E-state index contributed by atoms with van der Waals surface area (Å²) in [5, 5.41) is 6.85. The minimum Gasteiger partial charge on any atom is -0.312 e. The Morgan fingerprint density at radius 2 is 2.05 bits per heavy atom. The molecule has 0 aliphatic carbocycles. The maximum absolute atomic E-state index is 12.6. The highest BCUT2D eigenvalue weighted by atomic mass is 19.4. The van der Waals surface area contributed by atoms with E-state index in [4.69, 9.17) is 0 Å². The first-order valence-corrected chi connectivity index (χ1v) is 6.00. The largest absolute Gasteiger partial charge is 0.435 e. The van der Waals surface area contributed by atoms with Crippen molar-refractivity contribution in [1.29, 1.82) is 0 Å². The molecule has 3 rings (SSSR count). The Balaban J connectivity index is 2.05. The summed E-state index contributed by atoms with van der Waals surface area (Å²) < 4.78 is 39.0. The van der Waals surface area contributed by atoms with Gasteiger partial charge in [-0.15, -0.1) is 0 Å². The predicted molar refractivity (Wildman–Crippen MR) is 64.0 cm³/mol. The third kappa shape index (κ3) is 2.23. The van der Waals surface area contributed by atoms with Crippen molar-refractivity contribution in [3.05, 3.63) is 47.3 Å². The van der Waals surface area contributed by atoms with Gasteiger partial charge in [0.15, 0.2) is 5.69 Å². The Morgan fingerprint density at radius 1 is 1.21 bits per heavy atom. The van der Waals surface area contributed by atoms with Crippen LogP contribution in [0.2, 0.25) is 0 Å². The summed E-state index contributed by atoms with van der Waals surface area (Å²) in [5.41, 5.74) is 2.03. The van der Waals surface area contributed by atoms with Gasteiger partial charge < -0.3 is 5.32 Å². The lowest BCUT2D eigenvalue weighted by Gasteiger charge is -2.20. The maximum atomic E-state index is 12.6. The Morgan fingerprint density at radius 3 is 2.79 bits per heavy atom. The standard InChI is InChI=1S/C13H12F3N3/c14-13(15,16)12-5-7-19(18-12)11-3-1-2-9-4-6-17-8-10(9)11/h1-3,5,7,17H,4,6,8H2. The molecule has 2 aromatic rings. The van der Waals surface area contributed by atoms with E-state index in [1.165, 1.54) is 16.4 Å². The molecule has 0 radical (unpaired) electrons. The molecule has 0 spiro atoms. The molecule has 1 aromatic carbocycles. The minimum atomic E-state index is -4.40. The fourth-order valence-electron chi connectivity index (χ4n) is 2.32. The van der Waals surface area contributed by atoms with Gasteiger partial charge in [-0.25, -0.2) is 4.68 Å². The van der Waals surface area contributed by atoms with Crippen molar-refractivity contribution in [2.24, 2.45) is 0 Å². The fourth-order valence-corrected chi connectivity index (χ4v) is 2.32. The maximum Gasteiger partial charge on any atom is 0.435 e. The Kier molecular flexibility index (Phi) is 2.82. The van der Waals surface area contributed by atoms with Crippen LogP contribution in [-0.2, 0) is 19.1 Å². The van der Waals surface area contributed by atoms with Crippen LogP contribution in [0.3, 0.4) is 0 Å². The molecule has 0 bridgehead atoms. The van der Waals surface area contributed by atoms with E-state index in [1.54, 1.807) is 6.07 Å². The smallest absolute Gasteiger partial charge is 0.312 e. The highest BCUT2D eigenvalue weighted by molar-refractivity contribution is 5.46. The first-order valence-electron chi connectivity index (χ1n) is 6.00. The first-order chi connectivity index (χ1) is 9.05. The lowest BCUT2D eigenvalue weighted by Crippen LogP contribution is -2.25. The highest BCUT2D eigenvalue weighted by Crippen LogP contribution is 2.29. The third-order valence-corrected chi connectivity index (χ3v) is 3.25. The minimum absolute atomic E-state index is 0.659. The van der Waals surface area contributed by atoms with Crippen LogP contribution in [0.4, 0.5) is 13.2 Å². The van der Waals surface area contributed by atoms with Gasteiger partial charge in [-0.2, -0.15) is 18.3 Å². The molecule has 0 fully saturated rings. The van der Waals surface area contributed by atoms with Crippen molar-refractivity contribution < 1.29 is 13.2 Å². The van der Waals surface area contributed by atoms with Crippen LogP contribution in [0, 0.1) is 0 Å². The molecule has 0 unspecified atom stereocenters. The molecule has 2 heterocycles. The normalized spacial score (nSPS) is 15.3. The molecular weight excluding hydrogens is 255 g/mol. The van der Waals surface area contributed by atoms with Crippen molar-refractivity contribution in [2.75, 3.05) is 6.54 Å². The lowest BCUT2D eigenvalue weighted by atomic mass is 9.99. The number of rotatable bonds is 1. The highest BCUT2D eigenvalue weighted by Gasteiger charge is 2.33. The van der Waals surface area contributed by atoms with Crippen molar-refractivity contribution >= 4 is 0 Å². The quantitative estimate of drug-likeness (QED) is 0.860. The van der Waals surface area contributed by atoms with E-state index in [2.05, 4.69) is 10.4 Å². The number of alkyl halides is 3. The fraction of sp³-hybridized carbons (Fsp3) is 0.308. The summed E-state index contributed by atoms with van der Waals surface area (Å²) in [7, 11) is 0. The van der Waals surface area contributed by atoms with Crippen molar-refractivity contribution in [2.45, 2.75) is 19.1 Å². The van der Waals surface area contributed by atoms with Crippen LogP contribution in [0.1, 0.15) is 16.8 Å². The van der Waals surface area contributed by atoms with E-state index in [-0.39, 0.29) is 0 Å². The van der Waals surface area contributed by atoms with Crippen molar-refractivity contribution in [1.82, 2.24) is 15.1 Å². The number of aromatic nitrogens is 2. The van der Waals surface area contributed by atoms with E-state index in [1.807, 2.05) is 12.1 Å². The summed E-state index contributed by atoms with van der Waals surface area (Å²) in [5.74, 6) is 0. The second-order valence-electron chi connectivity index (χ2n) is 4.48. The Hall–Kier alpha value is -1.82. The zero-order chi connectivity index (χ0) is 13.5. The zero-order valence-electron chi connectivity index (χ0n) is 10.0. The molecule has 1 N–H and O–H groups in total. The summed E-state index contributed by atoms with van der Waals surface area (Å²) in [6.45, 7) is 1.55. The number of nitrogens with one attached hydrogen (secondary N) is 1. The molecule has 1 aliphatic heterocycles. The van der Waals surface area contributed by atoms with Crippen LogP contribution >= 0.6 is 0 Å². The lowest BCUT2D eigenvalue weighted by molar-refractivity contribution is -0.141. The van der Waals surface area contributed by atoms with Gasteiger partial charge in [-0.1, -0.05) is 12.1 Å². The third-order valence-electron chi connectivity index (χ3n) is 3.25. The van der Waals surface area contributed by atoms with Crippen LogP contribution in [-0.4, -0.2) is 16.3 Å². The number of hydrogen-bond acceptors (Lipinski definition) is 2. The molecule has 1 aliphatic rings. The van der Waals surface area contributed by atoms with Crippen molar-refractivity contribution in [3.8, 4) is 5.69 Å². The number of fused-ring (bicyclic) bond motifs is 1. The van der Waals surface area contributed by atoms with E-state index in [0.717, 1.165) is 24.6 Å². The van der Waals surface area contributed by atoms with E-state index in [0.29, 0.717) is 12.2 Å². The number of nitrogens with zero attached hydrogens (tertiary/aromatic N) is 2. The van der Waals surface area contributed by atoms with Gasteiger partial charge in [-0.3, -0.25) is 0 Å². The zero-order valence-corrected chi connectivity index (χ0v) is 10.0. The second kappa shape index (κ2) is 4.38. The molecule has 0 saturated heterocycles. The van der Waals surface area contributed by atoms with Gasteiger partial charge >= 0.3 is 6.18 Å². The van der Waals surface area contributed by atoms with Gasteiger partial charge in [0.25, 0.3) is 0 Å². The second-order valence-corrected chi connectivity index (χ2v) is 4.48. The molecule has 100 valence electrons. The Bertz CT molecular complexity index is 601. The average molecular weight is 267 g/mol. The van der Waals surface area contributed by atoms with Crippen LogP contribution in [0.5, 0.6) is 0 Å². The summed E-state index contributed by atoms with van der Waals surface area (Å²) in [4.78, 5) is 0. The summed E-state index contributed by atoms with van der Waals surface area (Å²) in [6, 6.07) is 6.65. The van der Waals surface area contributed by atoms with Crippen LogP contribution in [0.25, 0.3) is 5.69 Å². The van der Waals surface area contributed by atoms with E-state index in [9.17, 15) is 13.2 Å². The number of halogens is 3. The Labute approximate surface area is 108 Å². The SMILES string of the molecule is FC(F)(F)c1ccn(-c2cccc3c2CNCC3)n1. The number of hydrogen-bond donors (Lipinski definition) is 1. The molecule has 0 amide bonds. The molecule has 1 aromatic heterocycles. The predicted octanol–water partition coefficient (Wildman–Crippen LogP) is 2.54. The van der Waals surface area contributed by atoms with Crippen molar-refractivity contribution in [3.63, 3.8) is 0 Å². The molecule has 0 atom stereocenters. The topological polar surface area (TPSA) is 29.9 Å². The number of benzene rings is 1. The van der Waals surface area contributed by atoms with Crippen LogP contribution in [0.15, 0.2) is 30.5 Å². The summed E-state index contributed by atoms with van der Waals surface area (Å²) >= 11 is 0.